The largest absolute Gasteiger partial charge is 0.477 e. The van der Waals surface area contributed by atoms with Crippen molar-refractivity contribution in [2.75, 3.05) is 24.5 Å². The van der Waals surface area contributed by atoms with E-state index in [0.717, 1.165) is 19.4 Å². The molecule has 6 nitrogen and oxygen atoms in total. The van der Waals surface area contributed by atoms with E-state index in [1.165, 1.54) is 12.3 Å². The molecular formula is C19H22FN3O3. The monoisotopic (exact) mass is 359 g/mol. The van der Waals surface area contributed by atoms with E-state index in [0.29, 0.717) is 29.9 Å². The Bertz CT molecular complexity index is 965. The first-order chi connectivity index (χ1) is 12.4. The molecule has 1 unspecified atom stereocenters. The first-order valence-corrected chi connectivity index (χ1v) is 8.98. The van der Waals surface area contributed by atoms with Crippen molar-refractivity contribution in [2.45, 2.75) is 38.8 Å². The fourth-order valence-corrected chi connectivity index (χ4v) is 3.99. The van der Waals surface area contributed by atoms with Gasteiger partial charge in [-0.15, -0.1) is 0 Å². The van der Waals surface area contributed by atoms with Crippen LogP contribution in [0.3, 0.4) is 0 Å². The normalized spacial score (nSPS) is 20.6. The van der Waals surface area contributed by atoms with E-state index < -0.39 is 17.2 Å². The number of benzene rings is 1. The van der Waals surface area contributed by atoms with Gasteiger partial charge in [0.1, 0.15) is 11.4 Å². The summed E-state index contributed by atoms with van der Waals surface area (Å²) in [7, 11) is 0. The van der Waals surface area contributed by atoms with Crippen LogP contribution in [0.5, 0.6) is 0 Å². The first kappa shape index (κ1) is 17.0. The average Bonchev–Trinajstić information content (AvgIpc) is 3.40. The second kappa shape index (κ2) is 6.09. The molecule has 7 heteroatoms. The maximum Gasteiger partial charge on any atom is 0.341 e. The molecule has 1 atom stereocenters. The number of pyridine rings is 1. The number of aromatic nitrogens is 1. The molecule has 2 aliphatic rings. The van der Waals surface area contributed by atoms with Crippen LogP contribution in [0.2, 0.25) is 0 Å². The molecule has 1 aliphatic heterocycles. The fraction of sp³-hybridized carbons (Fsp3) is 0.474. The summed E-state index contributed by atoms with van der Waals surface area (Å²) >= 11 is 0. The van der Waals surface area contributed by atoms with E-state index in [2.05, 4.69) is 12.2 Å². The second-order valence-corrected chi connectivity index (χ2v) is 7.34. The zero-order valence-electron chi connectivity index (χ0n) is 14.9. The minimum atomic E-state index is -1.27. The Balaban J connectivity index is 2.00. The number of piperazine rings is 1. The van der Waals surface area contributed by atoms with Crippen LogP contribution in [0.25, 0.3) is 10.9 Å². The number of hydrogen-bond donors (Lipinski definition) is 2. The van der Waals surface area contributed by atoms with Crippen LogP contribution in [0.4, 0.5) is 10.1 Å². The number of rotatable bonds is 3. The standard InChI is InChI=1S/C19H22FN3O3/c1-10-8-22(6-5-21-10)17-11(2)16-13(7-15(17)20)18(24)14(19(25)26)9-23(16)12-3-4-12/h7,9-10,12,21H,3-6,8H2,1-2H3,(H,25,26). The number of carboxylic acids is 1. The number of hydrogen-bond acceptors (Lipinski definition) is 4. The number of aromatic carboxylic acids is 1. The van der Waals surface area contributed by atoms with E-state index in [9.17, 15) is 19.1 Å². The molecule has 138 valence electrons. The number of carboxylic acid groups (broad SMARTS) is 1. The van der Waals surface area contributed by atoms with Crippen molar-refractivity contribution in [2.24, 2.45) is 0 Å². The lowest BCUT2D eigenvalue weighted by Gasteiger charge is -2.35. The van der Waals surface area contributed by atoms with Crippen molar-refractivity contribution >= 4 is 22.6 Å². The summed E-state index contributed by atoms with van der Waals surface area (Å²) < 4.78 is 16.9. The second-order valence-electron chi connectivity index (χ2n) is 7.34. The third kappa shape index (κ3) is 2.67. The molecule has 0 amide bonds. The van der Waals surface area contributed by atoms with E-state index >= 15 is 0 Å². The number of nitrogens with one attached hydrogen (secondary N) is 1. The van der Waals surface area contributed by atoms with Crippen LogP contribution in [0.15, 0.2) is 17.1 Å². The predicted octanol–water partition coefficient (Wildman–Crippen LogP) is 2.28. The van der Waals surface area contributed by atoms with E-state index in [1.807, 2.05) is 16.4 Å². The third-order valence-corrected chi connectivity index (χ3v) is 5.33. The SMILES string of the molecule is Cc1c(N2CCNC(C)C2)c(F)cc2c(=O)c(C(=O)O)cn(C3CC3)c12. The van der Waals surface area contributed by atoms with Gasteiger partial charge in [-0.2, -0.15) is 0 Å². The van der Waals surface area contributed by atoms with E-state index in [4.69, 9.17) is 0 Å². The number of fused-ring (bicyclic) bond motifs is 1. The molecule has 2 N–H and O–H groups in total. The van der Waals surface area contributed by atoms with Gasteiger partial charge in [-0.1, -0.05) is 0 Å². The van der Waals surface area contributed by atoms with Gasteiger partial charge >= 0.3 is 5.97 Å². The highest BCUT2D eigenvalue weighted by molar-refractivity contribution is 5.95. The van der Waals surface area contributed by atoms with E-state index in [-0.39, 0.29) is 23.0 Å². The van der Waals surface area contributed by atoms with Crippen molar-refractivity contribution in [1.82, 2.24) is 9.88 Å². The molecule has 26 heavy (non-hydrogen) atoms. The molecule has 0 spiro atoms. The topological polar surface area (TPSA) is 74.6 Å². The Morgan fingerprint density at radius 1 is 1.38 bits per heavy atom. The number of anilines is 1. The van der Waals surface area contributed by atoms with Gasteiger partial charge in [-0.25, -0.2) is 9.18 Å². The summed E-state index contributed by atoms with van der Waals surface area (Å²) in [4.78, 5) is 26.1. The highest BCUT2D eigenvalue weighted by Crippen LogP contribution is 2.40. The van der Waals surface area contributed by atoms with Crippen molar-refractivity contribution in [3.63, 3.8) is 0 Å². The molecular weight excluding hydrogens is 337 g/mol. The van der Waals surface area contributed by atoms with Gasteiger partial charge in [0.25, 0.3) is 0 Å². The maximum atomic E-state index is 15.0. The van der Waals surface area contributed by atoms with E-state index in [1.54, 1.807) is 0 Å². The highest BCUT2D eigenvalue weighted by atomic mass is 19.1. The molecule has 0 bridgehead atoms. The van der Waals surface area contributed by atoms with Crippen molar-refractivity contribution < 1.29 is 14.3 Å². The average molecular weight is 359 g/mol. The van der Waals surface area contributed by atoms with Crippen LogP contribution < -0.4 is 15.6 Å². The van der Waals surface area contributed by atoms with Crippen molar-refractivity contribution in [3.8, 4) is 0 Å². The first-order valence-electron chi connectivity index (χ1n) is 8.98. The molecule has 1 saturated carbocycles. The van der Waals surface area contributed by atoms with Crippen molar-refractivity contribution in [3.05, 3.63) is 39.4 Å². The van der Waals surface area contributed by atoms with Gasteiger partial charge in [0, 0.05) is 43.3 Å². The van der Waals surface area contributed by atoms with Gasteiger partial charge in [0.2, 0.25) is 5.43 Å². The molecule has 2 heterocycles. The molecule has 1 aromatic heterocycles. The molecule has 2 fully saturated rings. The lowest BCUT2D eigenvalue weighted by Crippen LogP contribution is -2.49. The third-order valence-electron chi connectivity index (χ3n) is 5.33. The lowest BCUT2D eigenvalue weighted by molar-refractivity contribution is 0.0695. The van der Waals surface area contributed by atoms with Gasteiger partial charge < -0.3 is 19.9 Å². The zero-order valence-corrected chi connectivity index (χ0v) is 14.9. The maximum absolute atomic E-state index is 15.0. The zero-order chi connectivity index (χ0) is 18.6. The molecule has 2 aromatic rings. The Labute approximate surface area is 150 Å². The Morgan fingerprint density at radius 2 is 2.12 bits per heavy atom. The Hall–Kier alpha value is -2.41. The van der Waals surface area contributed by atoms with Crippen LogP contribution in [0.1, 0.15) is 41.7 Å². The summed E-state index contributed by atoms with van der Waals surface area (Å²) in [6.07, 6.45) is 3.31. The molecule has 0 radical (unpaired) electrons. The van der Waals surface area contributed by atoms with Crippen molar-refractivity contribution in [1.29, 1.82) is 0 Å². The Morgan fingerprint density at radius 3 is 2.73 bits per heavy atom. The quantitative estimate of drug-likeness (QED) is 0.880. The molecule has 1 aromatic carbocycles. The van der Waals surface area contributed by atoms with Gasteiger partial charge in [0.05, 0.1) is 11.2 Å². The Kier molecular flexibility index (Phi) is 3.99. The van der Waals surface area contributed by atoms with Crippen LogP contribution in [0, 0.1) is 12.7 Å². The number of aryl methyl sites for hydroxylation is 1. The summed E-state index contributed by atoms with van der Waals surface area (Å²) in [6, 6.07) is 1.64. The number of carbonyl (C=O) groups is 1. The smallest absolute Gasteiger partial charge is 0.341 e. The van der Waals surface area contributed by atoms with Crippen LogP contribution in [-0.4, -0.2) is 41.3 Å². The minimum Gasteiger partial charge on any atom is -0.477 e. The fourth-order valence-electron chi connectivity index (χ4n) is 3.99. The van der Waals surface area contributed by atoms with Gasteiger partial charge in [0.15, 0.2) is 0 Å². The minimum absolute atomic E-state index is 0.152. The van der Waals surface area contributed by atoms with Crippen LogP contribution >= 0.6 is 0 Å². The lowest BCUT2D eigenvalue weighted by atomic mass is 10.0. The number of nitrogens with zero attached hydrogens (tertiary/aromatic N) is 2. The van der Waals surface area contributed by atoms with Crippen LogP contribution in [-0.2, 0) is 0 Å². The summed E-state index contributed by atoms with van der Waals surface area (Å²) in [5.74, 6) is -1.74. The van der Waals surface area contributed by atoms with Gasteiger partial charge in [-0.3, -0.25) is 4.79 Å². The molecule has 4 rings (SSSR count). The molecule has 1 aliphatic carbocycles. The highest BCUT2D eigenvalue weighted by Gasteiger charge is 2.30. The number of halogens is 1. The summed E-state index contributed by atoms with van der Waals surface area (Å²) in [5, 5.41) is 12.8. The predicted molar refractivity (Wildman–Crippen MR) is 97.8 cm³/mol. The van der Waals surface area contributed by atoms with Gasteiger partial charge in [-0.05, 0) is 38.3 Å². The summed E-state index contributed by atoms with van der Waals surface area (Å²) in [6.45, 7) is 6.02. The molecule has 1 saturated heterocycles. The summed E-state index contributed by atoms with van der Waals surface area (Å²) in [5.41, 5.74) is 0.959.